The van der Waals surface area contributed by atoms with Gasteiger partial charge >= 0.3 is 0 Å². The molecule has 0 aliphatic carbocycles. The maximum absolute atomic E-state index is 2.55. The molecule has 220 valence electrons. The van der Waals surface area contributed by atoms with Crippen molar-refractivity contribution in [3.05, 3.63) is 132 Å². The minimum Gasteiger partial charge on any atom is -0.225 e. The fourth-order valence-corrected chi connectivity index (χ4v) is 7.65. The Morgan fingerprint density at radius 2 is 1.27 bits per heavy atom. The van der Waals surface area contributed by atoms with Crippen molar-refractivity contribution in [3.63, 3.8) is 0 Å². The van der Waals surface area contributed by atoms with E-state index >= 15 is 0 Å². The Kier molecular flexibility index (Phi) is 6.32. The highest BCUT2D eigenvalue weighted by Gasteiger charge is 2.27. The zero-order valence-electron chi connectivity index (χ0n) is 27.0. The molecule has 0 aliphatic heterocycles. The highest BCUT2D eigenvalue weighted by atomic mass is 15.1. The van der Waals surface area contributed by atoms with Crippen LogP contribution in [0.2, 0.25) is 0 Å². The molecule has 2 heterocycles. The predicted octanol–water partition coefficient (Wildman–Crippen LogP) is 11.3. The van der Waals surface area contributed by atoms with Crippen molar-refractivity contribution < 1.29 is 4.57 Å². The lowest BCUT2D eigenvalue weighted by atomic mass is 9.82. The maximum Gasteiger partial charge on any atom is 0.295 e. The normalized spacial score (nSPS) is 12.2. The van der Waals surface area contributed by atoms with Crippen molar-refractivity contribution in [2.75, 3.05) is 0 Å². The zero-order valence-corrected chi connectivity index (χ0v) is 27.0. The SMILES string of the molecule is Cc1cccc2c3ccc(-c4c(C(C)C)cc(-c5ccccc5)cc4C(C)C)cc3n3c4c5ccccc5ccc4[n+](C)c3c12. The van der Waals surface area contributed by atoms with E-state index < -0.39 is 0 Å². The minimum atomic E-state index is 0.380. The molecule has 6 aromatic carbocycles. The van der Waals surface area contributed by atoms with Gasteiger partial charge in [0.2, 0.25) is 0 Å². The van der Waals surface area contributed by atoms with E-state index in [0.29, 0.717) is 11.8 Å². The minimum absolute atomic E-state index is 0.380. The van der Waals surface area contributed by atoms with Crippen LogP contribution in [0.1, 0.15) is 56.2 Å². The molecule has 0 amide bonds. The highest BCUT2D eigenvalue weighted by Crippen LogP contribution is 2.42. The van der Waals surface area contributed by atoms with Crippen LogP contribution in [0.3, 0.4) is 0 Å². The van der Waals surface area contributed by atoms with Gasteiger partial charge in [0.25, 0.3) is 5.65 Å². The molecular weight excluding hydrogens is 544 g/mol. The molecule has 0 saturated heterocycles. The molecule has 2 aromatic heterocycles. The summed E-state index contributed by atoms with van der Waals surface area (Å²) in [6.45, 7) is 11.6. The molecular formula is C43H39N2+. The number of benzene rings is 6. The molecule has 0 unspecified atom stereocenters. The molecule has 0 bridgehead atoms. The Balaban J connectivity index is 1.55. The van der Waals surface area contributed by atoms with Crippen LogP contribution in [-0.4, -0.2) is 4.40 Å². The molecule has 2 heteroatoms. The summed E-state index contributed by atoms with van der Waals surface area (Å²) in [4.78, 5) is 0. The van der Waals surface area contributed by atoms with E-state index in [0.717, 1.165) is 0 Å². The van der Waals surface area contributed by atoms with Crippen LogP contribution >= 0.6 is 0 Å². The van der Waals surface area contributed by atoms with E-state index in [4.69, 9.17) is 0 Å². The highest BCUT2D eigenvalue weighted by molar-refractivity contribution is 6.16. The summed E-state index contributed by atoms with van der Waals surface area (Å²) >= 11 is 0. The van der Waals surface area contributed by atoms with Gasteiger partial charge in [-0.15, -0.1) is 0 Å². The number of aromatic nitrogens is 2. The molecule has 0 N–H and O–H groups in total. The smallest absolute Gasteiger partial charge is 0.225 e. The molecule has 2 nitrogen and oxygen atoms in total. The van der Waals surface area contributed by atoms with Gasteiger partial charge in [-0.2, -0.15) is 4.40 Å². The second kappa shape index (κ2) is 10.3. The fraction of sp³-hybridized carbons (Fsp3) is 0.186. The van der Waals surface area contributed by atoms with Crippen LogP contribution in [0.15, 0.2) is 115 Å². The monoisotopic (exact) mass is 583 g/mol. The van der Waals surface area contributed by atoms with Gasteiger partial charge in [0.05, 0.1) is 12.4 Å². The Morgan fingerprint density at radius 1 is 0.578 bits per heavy atom. The third-order valence-corrected chi connectivity index (χ3v) is 9.86. The summed E-state index contributed by atoms with van der Waals surface area (Å²) in [5.41, 5.74) is 14.3. The van der Waals surface area contributed by atoms with Gasteiger partial charge in [0.1, 0.15) is 5.52 Å². The molecule has 8 rings (SSSR count). The molecule has 8 aromatic rings. The van der Waals surface area contributed by atoms with Crippen molar-refractivity contribution in [1.82, 2.24) is 4.40 Å². The van der Waals surface area contributed by atoms with Crippen LogP contribution in [0.5, 0.6) is 0 Å². The fourth-order valence-electron chi connectivity index (χ4n) is 7.65. The summed E-state index contributed by atoms with van der Waals surface area (Å²) < 4.78 is 4.95. The van der Waals surface area contributed by atoms with Crippen molar-refractivity contribution >= 4 is 49.1 Å². The van der Waals surface area contributed by atoms with Gasteiger partial charge in [0.15, 0.2) is 11.0 Å². The number of hydrogen-bond acceptors (Lipinski definition) is 0. The zero-order chi connectivity index (χ0) is 31.0. The number of fused-ring (bicyclic) bond motifs is 10. The van der Waals surface area contributed by atoms with Gasteiger partial charge in [-0.1, -0.05) is 113 Å². The lowest BCUT2D eigenvalue weighted by molar-refractivity contribution is -0.617. The third kappa shape index (κ3) is 4.12. The summed E-state index contributed by atoms with van der Waals surface area (Å²) in [6.07, 6.45) is 0. The molecule has 0 saturated carbocycles. The van der Waals surface area contributed by atoms with Crippen molar-refractivity contribution in [3.8, 4) is 22.3 Å². The Hall–Kier alpha value is -4.95. The summed E-state index contributed by atoms with van der Waals surface area (Å²) in [5.74, 6) is 0.760. The first-order chi connectivity index (χ1) is 21.8. The Morgan fingerprint density at radius 3 is 2.00 bits per heavy atom. The molecule has 45 heavy (non-hydrogen) atoms. The van der Waals surface area contributed by atoms with Crippen LogP contribution in [0.4, 0.5) is 0 Å². The van der Waals surface area contributed by atoms with Crippen LogP contribution in [0, 0.1) is 6.92 Å². The Labute approximate surface area is 265 Å². The lowest BCUT2D eigenvalue weighted by Crippen LogP contribution is -2.27. The Bertz CT molecular complexity index is 2410. The summed E-state index contributed by atoms with van der Waals surface area (Å²) in [5, 5.41) is 6.45. The van der Waals surface area contributed by atoms with Gasteiger partial charge in [-0.3, -0.25) is 0 Å². The molecule has 0 atom stereocenters. The second-order valence-electron chi connectivity index (χ2n) is 13.3. The van der Waals surface area contributed by atoms with Gasteiger partial charge in [0, 0.05) is 16.2 Å². The summed E-state index contributed by atoms with van der Waals surface area (Å²) in [7, 11) is 2.23. The number of rotatable bonds is 4. The molecule has 0 fully saturated rings. The van der Waals surface area contributed by atoms with E-state index in [1.54, 1.807) is 0 Å². The van der Waals surface area contributed by atoms with Crippen LogP contribution < -0.4 is 4.57 Å². The average Bonchev–Trinajstić information content (AvgIpc) is 3.37. The first-order valence-electron chi connectivity index (χ1n) is 16.2. The van der Waals surface area contributed by atoms with Gasteiger partial charge < -0.3 is 0 Å². The van der Waals surface area contributed by atoms with E-state index in [1.807, 2.05) is 0 Å². The van der Waals surface area contributed by atoms with Crippen molar-refractivity contribution in [2.24, 2.45) is 7.05 Å². The van der Waals surface area contributed by atoms with E-state index in [-0.39, 0.29) is 0 Å². The molecule has 0 spiro atoms. The average molecular weight is 584 g/mol. The second-order valence-corrected chi connectivity index (χ2v) is 13.3. The number of nitrogens with zero attached hydrogens (tertiary/aromatic N) is 2. The molecule has 0 aliphatic rings. The van der Waals surface area contributed by atoms with Crippen LogP contribution in [-0.2, 0) is 7.05 Å². The first kappa shape index (κ1) is 27.6. The molecule has 0 radical (unpaired) electrons. The quantitative estimate of drug-likeness (QED) is 0.144. The standard InChI is InChI=1S/C43H39N2/c1-26(2)36-23-32(29-14-8-7-9-15-29)24-37(27(3)4)41(36)31-19-21-34-35-18-12-13-28(5)40(35)43-44(6)38-22-20-30-16-10-11-17-33(30)42(38)45(43)39(34)25-31/h7-27H,1-6H3/q+1. The lowest BCUT2D eigenvalue weighted by Gasteiger charge is -2.22. The first-order valence-corrected chi connectivity index (χ1v) is 16.2. The van der Waals surface area contributed by atoms with E-state index in [1.165, 1.54) is 88.1 Å². The third-order valence-electron chi connectivity index (χ3n) is 9.86. The van der Waals surface area contributed by atoms with E-state index in [2.05, 4.69) is 166 Å². The number of pyridine rings is 1. The van der Waals surface area contributed by atoms with Gasteiger partial charge in [-0.25, -0.2) is 4.57 Å². The van der Waals surface area contributed by atoms with Gasteiger partial charge in [-0.05, 0) is 93.4 Å². The maximum atomic E-state index is 2.55. The summed E-state index contributed by atoms with van der Waals surface area (Å²) in [6, 6.07) is 43.0. The number of aryl methyl sites for hydroxylation is 2. The number of imidazole rings is 1. The van der Waals surface area contributed by atoms with Crippen molar-refractivity contribution in [1.29, 1.82) is 0 Å². The van der Waals surface area contributed by atoms with E-state index in [9.17, 15) is 0 Å². The predicted molar refractivity (Wildman–Crippen MR) is 192 cm³/mol. The largest absolute Gasteiger partial charge is 0.295 e. The number of hydrogen-bond donors (Lipinski definition) is 0. The van der Waals surface area contributed by atoms with Crippen molar-refractivity contribution in [2.45, 2.75) is 46.5 Å². The topological polar surface area (TPSA) is 8.29 Å². The van der Waals surface area contributed by atoms with Crippen LogP contribution in [0.25, 0.3) is 71.4 Å².